The summed E-state index contributed by atoms with van der Waals surface area (Å²) in [7, 11) is 6.67. The van der Waals surface area contributed by atoms with Crippen molar-refractivity contribution in [3.05, 3.63) is 48.6 Å². The van der Waals surface area contributed by atoms with Gasteiger partial charge in [-0.25, -0.2) is 0 Å². The van der Waals surface area contributed by atoms with Crippen LogP contribution in [0.5, 0.6) is 0 Å². The van der Waals surface area contributed by atoms with E-state index in [1.165, 1.54) is 6.54 Å². The average Bonchev–Trinajstić information content (AvgIpc) is 2.71. The third-order valence-electron chi connectivity index (χ3n) is 2.24. The van der Waals surface area contributed by atoms with E-state index in [1.807, 2.05) is 0 Å². The molecule has 16 heavy (non-hydrogen) atoms. The van der Waals surface area contributed by atoms with Crippen molar-refractivity contribution in [1.82, 2.24) is 0 Å². The molecule has 0 unspecified atom stereocenters. The molecule has 2 rings (SSSR count). The van der Waals surface area contributed by atoms with Crippen LogP contribution in [0, 0.1) is 5.92 Å². The third-order valence-corrected chi connectivity index (χ3v) is 2.24. The predicted molar refractivity (Wildman–Crippen MR) is 67.6 cm³/mol. The van der Waals surface area contributed by atoms with E-state index in [9.17, 15) is 0 Å². The van der Waals surface area contributed by atoms with Crippen molar-refractivity contribution in [3.63, 3.8) is 0 Å². The number of rotatable bonds is 2. The van der Waals surface area contributed by atoms with Gasteiger partial charge in [-0.3, -0.25) is 0 Å². The molecule has 0 saturated carbocycles. The minimum Gasteiger partial charge on any atom is -0.330 e. The van der Waals surface area contributed by atoms with Crippen LogP contribution in [0.25, 0.3) is 0 Å². The van der Waals surface area contributed by atoms with Crippen LogP contribution in [0.3, 0.4) is 0 Å². The molecule has 0 heterocycles. The average molecular weight is 260 g/mol. The van der Waals surface area contributed by atoms with Gasteiger partial charge in [-0.1, -0.05) is 48.6 Å². The quantitative estimate of drug-likeness (QED) is 0.529. The summed E-state index contributed by atoms with van der Waals surface area (Å²) in [5, 5.41) is 0. The first-order valence-electron chi connectivity index (χ1n) is 5.55. The fourth-order valence-corrected chi connectivity index (χ4v) is 1.62. The van der Waals surface area contributed by atoms with Gasteiger partial charge in [-0.15, -0.1) is 0 Å². The third kappa shape index (κ3) is 7.70. The first-order chi connectivity index (χ1) is 7.08. The van der Waals surface area contributed by atoms with E-state index >= 15 is 0 Å². The number of hydrogen-bond donors (Lipinski definition) is 0. The van der Waals surface area contributed by atoms with Crippen LogP contribution in [0.2, 0.25) is 0 Å². The Bertz CT molecular complexity index is 270. The van der Waals surface area contributed by atoms with Crippen molar-refractivity contribution in [2.75, 3.05) is 27.7 Å². The maximum atomic E-state index is 2.25. The summed E-state index contributed by atoms with van der Waals surface area (Å²) < 4.78 is 1.04. The van der Waals surface area contributed by atoms with E-state index in [0.29, 0.717) is 5.92 Å². The van der Waals surface area contributed by atoms with Crippen molar-refractivity contribution >= 4 is 0 Å². The second-order valence-corrected chi connectivity index (χ2v) is 5.00. The summed E-state index contributed by atoms with van der Waals surface area (Å²) in [5.74, 6) is 0.667. The van der Waals surface area contributed by atoms with Gasteiger partial charge in [0.15, 0.2) is 0 Å². The summed E-state index contributed by atoms with van der Waals surface area (Å²) in [4.78, 5) is 0. The van der Waals surface area contributed by atoms with Crippen LogP contribution in [0.1, 0.15) is 6.42 Å². The Morgan fingerprint density at radius 2 is 1.44 bits per heavy atom. The molecule has 0 bridgehead atoms. The van der Waals surface area contributed by atoms with Gasteiger partial charge in [0.1, 0.15) is 0 Å². The van der Waals surface area contributed by atoms with Gasteiger partial charge in [-0.2, -0.15) is 0 Å². The maximum Gasteiger partial charge on any atom is 0.0879 e. The van der Waals surface area contributed by atoms with Crippen molar-refractivity contribution in [3.8, 4) is 0 Å². The second-order valence-electron chi connectivity index (χ2n) is 5.00. The van der Waals surface area contributed by atoms with E-state index in [1.54, 1.807) is 0 Å². The molecular weight excluding hydrogens is 238 g/mol. The summed E-state index contributed by atoms with van der Waals surface area (Å²) >= 11 is 0. The molecular formula is C14H22FeN+. The first kappa shape index (κ1) is 15.4. The summed E-state index contributed by atoms with van der Waals surface area (Å²) in [6.45, 7) is 1.20. The van der Waals surface area contributed by atoms with Crippen LogP contribution in [0.15, 0.2) is 48.6 Å². The molecule has 0 N–H and O–H groups in total. The smallest absolute Gasteiger partial charge is 0.0879 e. The van der Waals surface area contributed by atoms with Gasteiger partial charge >= 0.3 is 0 Å². The molecule has 0 saturated heterocycles. The van der Waals surface area contributed by atoms with E-state index in [2.05, 4.69) is 69.8 Å². The van der Waals surface area contributed by atoms with Gasteiger partial charge in [0, 0.05) is 23.0 Å². The van der Waals surface area contributed by atoms with Gasteiger partial charge < -0.3 is 4.48 Å². The van der Waals surface area contributed by atoms with E-state index in [-0.39, 0.29) is 17.1 Å². The summed E-state index contributed by atoms with van der Waals surface area (Å²) in [6.07, 6.45) is 18.3. The standard InChI is InChI=1S/C9H16N.C5H6.Fe/c1-10(2,3)8-9-6-4-5-7-9;1-2-4-5-3-1;/h4-7,9H,8H2,1-3H3;1-4H,5H2;/q+1;;. The molecule has 0 amide bonds. The molecule has 0 aromatic heterocycles. The normalized spacial score (nSPS) is 17.2. The largest absolute Gasteiger partial charge is 0.330 e. The molecule has 0 atom stereocenters. The fourth-order valence-electron chi connectivity index (χ4n) is 1.62. The molecule has 2 aliphatic rings. The molecule has 2 aliphatic carbocycles. The van der Waals surface area contributed by atoms with Crippen LogP contribution < -0.4 is 0 Å². The Kier molecular flexibility index (Phi) is 7.40. The molecule has 2 heteroatoms. The zero-order chi connectivity index (χ0) is 11.1. The van der Waals surface area contributed by atoms with E-state index in [0.717, 1.165) is 10.9 Å². The Balaban J connectivity index is 0.000000318. The second kappa shape index (κ2) is 7.67. The number of allylic oxidation sites excluding steroid dienone is 6. The van der Waals surface area contributed by atoms with Crippen LogP contribution >= 0.6 is 0 Å². The Morgan fingerprint density at radius 1 is 0.938 bits per heavy atom. The van der Waals surface area contributed by atoms with Gasteiger partial charge in [0.25, 0.3) is 0 Å². The van der Waals surface area contributed by atoms with Crippen molar-refractivity contribution < 1.29 is 21.6 Å². The molecule has 90 valence electrons. The molecule has 0 fully saturated rings. The van der Waals surface area contributed by atoms with Crippen LogP contribution in [0.4, 0.5) is 0 Å². The minimum absolute atomic E-state index is 0. The molecule has 0 aromatic rings. The first-order valence-corrected chi connectivity index (χ1v) is 5.55. The van der Waals surface area contributed by atoms with Crippen LogP contribution in [-0.2, 0) is 17.1 Å². The Hall–Kier alpha value is -0.561. The molecule has 0 spiro atoms. The Labute approximate surface area is 110 Å². The van der Waals surface area contributed by atoms with Gasteiger partial charge in [0.2, 0.25) is 0 Å². The zero-order valence-corrected chi connectivity index (χ0v) is 11.5. The van der Waals surface area contributed by atoms with E-state index in [4.69, 9.17) is 0 Å². The van der Waals surface area contributed by atoms with Crippen molar-refractivity contribution in [2.24, 2.45) is 5.92 Å². The topological polar surface area (TPSA) is 0 Å². The molecule has 1 nitrogen and oxygen atoms in total. The molecule has 0 aliphatic heterocycles. The monoisotopic (exact) mass is 260 g/mol. The predicted octanol–water partition coefficient (Wildman–Crippen LogP) is 2.93. The zero-order valence-electron chi connectivity index (χ0n) is 10.4. The van der Waals surface area contributed by atoms with Crippen molar-refractivity contribution in [2.45, 2.75) is 6.42 Å². The summed E-state index contributed by atoms with van der Waals surface area (Å²) in [5.41, 5.74) is 0. The number of hydrogen-bond acceptors (Lipinski definition) is 0. The van der Waals surface area contributed by atoms with Crippen LogP contribution in [-0.4, -0.2) is 32.2 Å². The maximum absolute atomic E-state index is 2.25. The molecule has 0 aromatic carbocycles. The van der Waals surface area contributed by atoms with E-state index < -0.39 is 0 Å². The Morgan fingerprint density at radius 3 is 1.75 bits per heavy atom. The van der Waals surface area contributed by atoms with Gasteiger partial charge in [-0.05, 0) is 6.42 Å². The minimum atomic E-state index is 0. The SMILES string of the molecule is C1=CCC=C1.C[N+](C)(C)CC1C=CC=C1.[Fe]. The number of nitrogens with zero attached hydrogens (tertiary/aromatic N) is 1. The fraction of sp³-hybridized carbons (Fsp3) is 0.429. The number of quaternary nitrogens is 1. The van der Waals surface area contributed by atoms with Gasteiger partial charge in [0.05, 0.1) is 27.7 Å². The van der Waals surface area contributed by atoms with Crippen molar-refractivity contribution in [1.29, 1.82) is 0 Å². The summed E-state index contributed by atoms with van der Waals surface area (Å²) in [6, 6.07) is 0. The molecule has 0 radical (unpaired) electrons.